The maximum absolute atomic E-state index is 6.51. The van der Waals surface area contributed by atoms with E-state index in [1.165, 1.54) is 12.8 Å². The van der Waals surface area contributed by atoms with Gasteiger partial charge in [0, 0.05) is 16.1 Å². The minimum absolute atomic E-state index is 0.259. The molecule has 0 spiro atoms. The van der Waals surface area contributed by atoms with E-state index >= 15 is 0 Å². The van der Waals surface area contributed by atoms with E-state index in [0.717, 1.165) is 34.7 Å². The van der Waals surface area contributed by atoms with Crippen LogP contribution in [0.4, 0.5) is 0 Å². The summed E-state index contributed by atoms with van der Waals surface area (Å²) in [5.41, 5.74) is 8.44. The second-order valence-electron chi connectivity index (χ2n) is 5.59. The molecule has 100 valence electrons. The SMILES string of the molecule is COc1cc(C(C)C)c(Cl)cc1C1(N)CCCC1. The van der Waals surface area contributed by atoms with Crippen LogP contribution in [0.5, 0.6) is 5.75 Å². The fourth-order valence-electron chi connectivity index (χ4n) is 2.84. The van der Waals surface area contributed by atoms with Gasteiger partial charge in [0.15, 0.2) is 0 Å². The molecule has 0 atom stereocenters. The van der Waals surface area contributed by atoms with Crippen LogP contribution in [0, 0.1) is 0 Å². The molecule has 0 saturated heterocycles. The number of benzene rings is 1. The van der Waals surface area contributed by atoms with E-state index in [1.54, 1.807) is 7.11 Å². The number of nitrogens with two attached hydrogens (primary N) is 1. The maximum Gasteiger partial charge on any atom is 0.124 e. The van der Waals surface area contributed by atoms with Crippen molar-refractivity contribution in [1.29, 1.82) is 0 Å². The van der Waals surface area contributed by atoms with Crippen molar-refractivity contribution in [3.8, 4) is 5.75 Å². The molecule has 0 unspecified atom stereocenters. The predicted octanol–water partition coefficient (Wildman–Crippen LogP) is 4.20. The lowest BCUT2D eigenvalue weighted by atomic mass is 9.87. The Kier molecular flexibility index (Phi) is 3.88. The standard InChI is InChI=1S/C15H22ClNO/c1-10(2)11-8-14(18-3)12(9-13(11)16)15(17)6-4-5-7-15/h8-10H,4-7,17H2,1-3H3. The quantitative estimate of drug-likeness (QED) is 0.891. The molecular formula is C15H22ClNO. The summed E-state index contributed by atoms with van der Waals surface area (Å²) in [6.45, 7) is 4.27. The van der Waals surface area contributed by atoms with Crippen LogP contribution in [-0.4, -0.2) is 7.11 Å². The minimum Gasteiger partial charge on any atom is -0.496 e. The van der Waals surface area contributed by atoms with Crippen molar-refractivity contribution < 1.29 is 4.74 Å². The van der Waals surface area contributed by atoms with Crippen molar-refractivity contribution in [2.24, 2.45) is 5.73 Å². The van der Waals surface area contributed by atoms with Gasteiger partial charge in [-0.3, -0.25) is 0 Å². The molecule has 2 nitrogen and oxygen atoms in total. The molecular weight excluding hydrogens is 246 g/mol. The molecule has 1 saturated carbocycles. The van der Waals surface area contributed by atoms with E-state index in [2.05, 4.69) is 19.9 Å². The largest absolute Gasteiger partial charge is 0.496 e. The Hall–Kier alpha value is -0.730. The molecule has 0 aliphatic heterocycles. The van der Waals surface area contributed by atoms with E-state index in [9.17, 15) is 0 Å². The monoisotopic (exact) mass is 267 g/mol. The summed E-state index contributed by atoms with van der Waals surface area (Å²) in [5, 5.41) is 0.803. The van der Waals surface area contributed by atoms with Gasteiger partial charge in [0.25, 0.3) is 0 Å². The molecule has 0 radical (unpaired) electrons. The van der Waals surface area contributed by atoms with Crippen molar-refractivity contribution in [2.45, 2.75) is 51.0 Å². The molecule has 1 fully saturated rings. The van der Waals surface area contributed by atoms with Crippen LogP contribution in [0.1, 0.15) is 56.6 Å². The third-order valence-electron chi connectivity index (χ3n) is 3.97. The van der Waals surface area contributed by atoms with Crippen LogP contribution in [0.2, 0.25) is 5.02 Å². The number of methoxy groups -OCH3 is 1. The smallest absolute Gasteiger partial charge is 0.124 e. The second kappa shape index (κ2) is 5.10. The number of ether oxygens (including phenoxy) is 1. The first-order valence-corrected chi connectivity index (χ1v) is 7.02. The predicted molar refractivity (Wildman–Crippen MR) is 76.4 cm³/mol. The highest BCUT2D eigenvalue weighted by Gasteiger charge is 2.34. The highest BCUT2D eigenvalue weighted by atomic mass is 35.5. The minimum atomic E-state index is -0.259. The molecule has 1 aromatic rings. The molecule has 1 aliphatic rings. The molecule has 0 amide bonds. The van der Waals surface area contributed by atoms with Crippen LogP contribution < -0.4 is 10.5 Å². The van der Waals surface area contributed by atoms with Gasteiger partial charge in [0.2, 0.25) is 0 Å². The van der Waals surface area contributed by atoms with E-state index in [1.807, 2.05) is 6.07 Å². The van der Waals surface area contributed by atoms with Crippen LogP contribution >= 0.6 is 11.6 Å². The fourth-order valence-corrected chi connectivity index (χ4v) is 3.23. The highest BCUT2D eigenvalue weighted by Crippen LogP contribution is 2.43. The van der Waals surface area contributed by atoms with Crippen molar-refractivity contribution in [2.75, 3.05) is 7.11 Å². The first-order valence-electron chi connectivity index (χ1n) is 6.65. The molecule has 3 heteroatoms. The number of rotatable bonds is 3. The highest BCUT2D eigenvalue weighted by molar-refractivity contribution is 6.31. The van der Waals surface area contributed by atoms with E-state index in [4.69, 9.17) is 22.1 Å². The summed E-state index contributed by atoms with van der Waals surface area (Å²) in [6.07, 6.45) is 4.40. The first kappa shape index (κ1) is 13.7. The van der Waals surface area contributed by atoms with Gasteiger partial charge in [0.1, 0.15) is 5.75 Å². The Labute approximate surface area is 114 Å². The maximum atomic E-state index is 6.51. The number of hydrogen-bond donors (Lipinski definition) is 1. The number of halogens is 1. The van der Waals surface area contributed by atoms with Gasteiger partial charge in [-0.25, -0.2) is 0 Å². The first-order chi connectivity index (χ1) is 8.48. The zero-order valence-corrected chi connectivity index (χ0v) is 12.2. The van der Waals surface area contributed by atoms with Gasteiger partial charge in [0.05, 0.1) is 7.11 Å². The molecule has 1 aliphatic carbocycles. The lowest BCUT2D eigenvalue weighted by molar-refractivity contribution is 0.378. The van der Waals surface area contributed by atoms with Crippen LogP contribution in [0.15, 0.2) is 12.1 Å². The Morgan fingerprint density at radius 3 is 2.39 bits per heavy atom. The molecule has 0 heterocycles. The van der Waals surface area contributed by atoms with Crippen LogP contribution in [0.25, 0.3) is 0 Å². The van der Waals surface area contributed by atoms with Crippen molar-refractivity contribution in [3.05, 3.63) is 28.3 Å². The zero-order valence-electron chi connectivity index (χ0n) is 11.4. The summed E-state index contributed by atoms with van der Waals surface area (Å²) < 4.78 is 5.53. The summed E-state index contributed by atoms with van der Waals surface area (Å²) in [4.78, 5) is 0. The Morgan fingerprint density at radius 2 is 1.89 bits per heavy atom. The van der Waals surface area contributed by atoms with Crippen molar-refractivity contribution in [1.82, 2.24) is 0 Å². The lowest BCUT2D eigenvalue weighted by Gasteiger charge is -2.27. The number of hydrogen-bond acceptors (Lipinski definition) is 2. The topological polar surface area (TPSA) is 35.2 Å². The molecule has 18 heavy (non-hydrogen) atoms. The van der Waals surface area contributed by atoms with Gasteiger partial charge in [-0.05, 0) is 36.5 Å². The molecule has 2 N–H and O–H groups in total. The summed E-state index contributed by atoms with van der Waals surface area (Å²) >= 11 is 6.38. The summed E-state index contributed by atoms with van der Waals surface area (Å²) in [5.74, 6) is 1.27. The second-order valence-corrected chi connectivity index (χ2v) is 6.00. The van der Waals surface area contributed by atoms with Gasteiger partial charge in [-0.1, -0.05) is 38.3 Å². The fraction of sp³-hybridized carbons (Fsp3) is 0.600. The third kappa shape index (κ3) is 2.36. The van der Waals surface area contributed by atoms with Crippen LogP contribution in [-0.2, 0) is 5.54 Å². The average molecular weight is 268 g/mol. The van der Waals surface area contributed by atoms with Crippen molar-refractivity contribution >= 4 is 11.6 Å². The molecule has 2 rings (SSSR count). The molecule has 0 bridgehead atoms. The molecule has 0 aromatic heterocycles. The van der Waals surface area contributed by atoms with Gasteiger partial charge in [-0.15, -0.1) is 0 Å². The third-order valence-corrected chi connectivity index (χ3v) is 4.30. The van der Waals surface area contributed by atoms with Gasteiger partial charge in [-0.2, -0.15) is 0 Å². The van der Waals surface area contributed by atoms with Gasteiger partial charge < -0.3 is 10.5 Å². The summed E-state index contributed by atoms with van der Waals surface area (Å²) in [6, 6.07) is 4.07. The lowest BCUT2D eigenvalue weighted by Crippen LogP contribution is -2.33. The van der Waals surface area contributed by atoms with Crippen molar-refractivity contribution in [3.63, 3.8) is 0 Å². The van der Waals surface area contributed by atoms with Crippen LogP contribution in [0.3, 0.4) is 0 Å². The normalized spacial score (nSPS) is 18.3. The zero-order chi connectivity index (χ0) is 13.3. The Bertz CT molecular complexity index is 436. The summed E-state index contributed by atoms with van der Waals surface area (Å²) in [7, 11) is 1.70. The molecule has 1 aromatic carbocycles. The Morgan fingerprint density at radius 1 is 1.28 bits per heavy atom. The van der Waals surface area contributed by atoms with Gasteiger partial charge >= 0.3 is 0 Å². The average Bonchev–Trinajstić information content (AvgIpc) is 2.76. The van der Waals surface area contributed by atoms with E-state index in [0.29, 0.717) is 5.92 Å². The Balaban J connectivity index is 2.50. The van der Waals surface area contributed by atoms with E-state index in [-0.39, 0.29) is 5.54 Å². The van der Waals surface area contributed by atoms with E-state index < -0.39 is 0 Å².